The number of H-pyrrole nitrogens is 1. The predicted octanol–water partition coefficient (Wildman–Crippen LogP) is 2.43. The van der Waals surface area contributed by atoms with Crippen molar-refractivity contribution < 1.29 is 23.4 Å². The molecule has 0 aliphatic carbocycles. The third-order valence-corrected chi connectivity index (χ3v) is 4.71. The zero-order valence-electron chi connectivity index (χ0n) is 13.3. The molecule has 0 saturated carbocycles. The number of alkyl halides is 2. The Morgan fingerprint density at radius 3 is 2.62 bits per heavy atom. The summed E-state index contributed by atoms with van der Waals surface area (Å²) >= 11 is 0.875. The Hall–Kier alpha value is -3.07. The molecule has 0 aliphatic rings. The number of carbonyl (C=O) groups is 1. The van der Waals surface area contributed by atoms with Gasteiger partial charge in [-0.3, -0.25) is 4.79 Å². The van der Waals surface area contributed by atoms with Gasteiger partial charge in [0, 0.05) is 0 Å². The van der Waals surface area contributed by atoms with E-state index in [0.29, 0.717) is 16.0 Å². The van der Waals surface area contributed by atoms with Crippen LogP contribution in [-0.4, -0.2) is 22.5 Å². The number of aryl methyl sites for hydroxylation is 1. The molecule has 0 radical (unpaired) electrons. The van der Waals surface area contributed by atoms with E-state index in [4.69, 9.17) is 0 Å². The average Bonchev–Trinajstić information content (AvgIpc) is 2.91. The normalized spacial score (nSPS) is 11.5. The molecular formula is C17H11F2N2O4S-. The van der Waals surface area contributed by atoms with Crippen LogP contribution in [0.5, 0.6) is 5.75 Å². The van der Waals surface area contributed by atoms with Crippen LogP contribution in [0, 0.1) is 6.92 Å². The van der Waals surface area contributed by atoms with Gasteiger partial charge in [0.15, 0.2) is 0 Å². The van der Waals surface area contributed by atoms with Crippen molar-refractivity contribution in [2.75, 3.05) is 0 Å². The molecule has 0 spiro atoms. The third kappa shape index (κ3) is 3.62. The Bertz CT molecular complexity index is 1060. The summed E-state index contributed by atoms with van der Waals surface area (Å²) in [6.07, 6.45) is 3.15. The quantitative estimate of drug-likeness (QED) is 0.737. The molecular weight excluding hydrogens is 366 g/mol. The van der Waals surface area contributed by atoms with Crippen molar-refractivity contribution in [3.8, 4) is 5.75 Å². The molecule has 26 heavy (non-hydrogen) atoms. The van der Waals surface area contributed by atoms with Gasteiger partial charge in [-0.15, -0.1) is 11.3 Å². The first-order chi connectivity index (χ1) is 12.3. The van der Waals surface area contributed by atoms with Gasteiger partial charge < -0.3 is 19.6 Å². The fraction of sp³-hybridized carbons (Fsp3) is 0.118. The van der Waals surface area contributed by atoms with E-state index < -0.39 is 18.1 Å². The second kappa shape index (κ2) is 7.04. The van der Waals surface area contributed by atoms with Crippen LogP contribution in [0.1, 0.15) is 26.6 Å². The second-order valence-corrected chi connectivity index (χ2v) is 6.25. The molecule has 1 aromatic carbocycles. The van der Waals surface area contributed by atoms with Crippen LogP contribution >= 0.6 is 11.3 Å². The molecule has 1 N–H and O–H groups in total. The summed E-state index contributed by atoms with van der Waals surface area (Å²) < 4.78 is 28.5. The Labute approximate surface area is 149 Å². The highest BCUT2D eigenvalue weighted by Crippen LogP contribution is 2.26. The molecule has 0 bridgehead atoms. The van der Waals surface area contributed by atoms with Gasteiger partial charge in [0.25, 0.3) is 5.56 Å². The largest absolute Gasteiger partial charge is 0.544 e. The zero-order chi connectivity index (χ0) is 18.8. The van der Waals surface area contributed by atoms with Crippen molar-refractivity contribution in [1.29, 1.82) is 0 Å². The molecule has 134 valence electrons. The van der Waals surface area contributed by atoms with Gasteiger partial charge >= 0.3 is 6.61 Å². The number of nitrogens with zero attached hydrogens (tertiary/aromatic N) is 1. The van der Waals surface area contributed by atoms with E-state index in [-0.39, 0.29) is 21.8 Å². The molecule has 3 rings (SSSR count). The third-order valence-electron chi connectivity index (χ3n) is 3.54. The first-order valence-electron chi connectivity index (χ1n) is 7.33. The van der Waals surface area contributed by atoms with Crippen molar-refractivity contribution in [3.63, 3.8) is 0 Å². The lowest BCUT2D eigenvalue weighted by Crippen LogP contribution is -2.21. The standard InChI is InChI=1S/C17H12F2N2O4S/c1-8-12-14(22)20-11(21-15(12)26-13(8)16(23)24)7-4-9-2-5-10(6-3-9)25-17(18)19/h2-7,17H,1H3,(H,23,24)(H,20,21,22)/p-1/b7-4+. The number of aromatic amines is 1. The van der Waals surface area contributed by atoms with E-state index >= 15 is 0 Å². The van der Waals surface area contributed by atoms with E-state index in [2.05, 4.69) is 14.7 Å². The number of thiophene rings is 1. The summed E-state index contributed by atoms with van der Waals surface area (Å²) in [6, 6.07) is 5.91. The molecule has 0 amide bonds. The minimum Gasteiger partial charge on any atom is -0.544 e. The van der Waals surface area contributed by atoms with Crippen LogP contribution < -0.4 is 15.4 Å². The van der Waals surface area contributed by atoms with Gasteiger partial charge in [0.05, 0.1) is 16.2 Å². The smallest absolute Gasteiger partial charge is 0.387 e. The topological polar surface area (TPSA) is 95.1 Å². The van der Waals surface area contributed by atoms with Crippen LogP contribution in [0.3, 0.4) is 0 Å². The van der Waals surface area contributed by atoms with Gasteiger partial charge in [0.2, 0.25) is 0 Å². The van der Waals surface area contributed by atoms with Crippen LogP contribution in [0.15, 0.2) is 29.1 Å². The van der Waals surface area contributed by atoms with Gasteiger partial charge in [-0.25, -0.2) is 4.98 Å². The lowest BCUT2D eigenvalue weighted by Gasteiger charge is -2.03. The van der Waals surface area contributed by atoms with Crippen molar-refractivity contribution in [2.24, 2.45) is 0 Å². The maximum atomic E-state index is 12.2. The molecule has 2 aromatic heterocycles. The van der Waals surface area contributed by atoms with Gasteiger partial charge in [-0.2, -0.15) is 8.78 Å². The fourth-order valence-corrected chi connectivity index (χ4v) is 3.39. The molecule has 3 aromatic rings. The summed E-state index contributed by atoms with van der Waals surface area (Å²) in [7, 11) is 0. The number of carboxylic acid groups (broad SMARTS) is 1. The van der Waals surface area contributed by atoms with Crippen LogP contribution in [-0.2, 0) is 0 Å². The number of halogens is 2. The minimum absolute atomic E-state index is 0.0336. The minimum atomic E-state index is -2.89. The monoisotopic (exact) mass is 377 g/mol. The fourth-order valence-electron chi connectivity index (χ4n) is 2.37. The number of hydrogen-bond donors (Lipinski definition) is 1. The number of rotatable bonds is 5. The Balaban J connectivity index is 1.90. The molecule has 6 nitrogen and oxygen atoms in total. The lowest BCUT2D eigenvalue weighted by atomic mass is 10.2. The summed E-state index contributed by atoms with van der Waals surface area (Å²) in [4.78, 5) is 30.3. The molecule has 0 unspecified atom stereocenters. The number of ether oxygens (including phenoxy) is 1. The SMILES string of the molecule is Cc1c(C(=O)[O-])sc2nc(/C=C/c3ccc(OC(F)F)cc3)[nH]c(=O)c12. The number of nitrogens with one attached hydrogen (secondary N) is 1. The van der Waals surface area contributed by atoms with Crippen LogP contribution in [0.25, 0.3) is 22.4 Å². The highest BCUT2D eigenvalue weighted by molar-refractivity contribution is 7.20. The zero-order valence-corrected chi connectivity index (χ0v) is 14.1. The molecule has 0 saturated heterocycles. The van der Waals surface area contributed by atoms with Crippen molar-refractivity contribution in [2.45, 2.75) is 13.5 Å². The van der Waals surface area contributed by atoms with Crippen molar-refractivity contribution in [3.05, 3.63) is 56.4 Å². The number of aromatic carboxylic acids is 1. The Kier molecular flexibility index (Phi) is 4.81. The number of aromatic nitrogens is 2. The number of hydrogen-bond acceptors (Lipinski definition) is 6. The average molecular weight is 377 g/mol. The van der Waals surface area contributed by atoms with Gasteiger partial charge in [0.1, 0.15) is 16.4 Å². The van der Waals surface area contributed by atoms with E-state index in [1.807, 2.05) is 0 Å². The summed E-state index contributed by atoms with van der Waals surface area (Å²) in [5.41, 5.74) is 0.549. The molecule has 0 atom stereocenters. The summed E-state index contributed by atoms with van der Waals surface area (Å²) in [5.74, 6) is -1.08. The van der Waals surface area contributed by atoms with Crippen LogP contribution in [0.4, 0.5) is 8.78 Å². The molecule has 0 fully saturated rings. The van der Waals surface area contributed by atoms with Crippen LogP contribution in [0.2, 0.25) is 0 Å². The highest BCUT2D eigenvalue weighted by atomic mass is 32.1. The first kappa shape index (κ1) is 17.7. The first-order valence-corrected chi connectivity index (χ1v) is 8.14. The van der Waals surface area contributed by atoms with Gasteiger partial charge in [-0.05, 0) is 36.3 Å². The molecule has 2 heterocycles. The number of fused-ring (bicyclic) bond motifs is 1. The van der Waals surface area contributed by atoms with E-state index in [1.54, 1.807) is 18.2 Å². The second-order valence-electron chi connectivity index (χ2n) is 5.26. The summed E-state index contributed by atoms with van der Waals surface area (Å²) in [5, 5.41) is 11.3. The van der Waals surface area contributed by atoms with E-state index in [9.17, 15) is 23.5 Å². The summed E-state index contributed by atoms with van der Waals surface area (Å²) in [6.45, 7) is -1.36. The Morgan fingerprint density at radius 1 is 1.31 bits per heavy atom. The highest BCUT2D eigenvalue weighted by Gasteiger charge is 2.14. The van der Waals surface area contributed by atoms with E-state index in [1.165, 1.54) is 25.1 Å². The Morgan fingerprint density at radius 2 is 2.00 bits per heavy atom. The van der Waals surface area contributed by atoms with Gasteiger partial charge in [-0.1, -0.05) is 18.2 Å². The molecule has 0 aliphatic heterocycles. The van der Waals surface area contributed by atoms with Crippen molar-refractivity contribution in [1.82, 2.24) is 9.97 Å². The maximum absolute atomic E-state index is 12.2. The molecule has 9 heteroatoms. The van der Waals surface area contributed by atoms with E-state index in [0.717, 1.165) is 11.3 Å². The van der Waals surface area contributed by atoms with Crippen molar-refractivity contribution >= 4 is 39.7 Å². The maximum Gasteiger partial charge on any atom is 0.387 e. The number of carboxylic acids is 1. The number of benzene rings is 1. The predicted molar refractivity (Wildman–Crippen MR) is 91.3 cm³/mol. The number of carbonyl (C=O) groups excluding carboxylic acids is 1. The lowest BCUT2D eigenvalue weighted by molar-refractivity contribution is -0.254.